The topological polar surface area (TPSA) is 61.8 Å². The second-order valence-corrected chi connectivity index (χ2v) is 5.30. The second-order valence-electron chi connectivity index (χ2n) is 5.30. The first-order valence-electron chi connectivity index (χ1n) is 6.73. The fraction of sp³-hybridized carbons (Fsp3) is 0.400. The largest absolute Gasteiger partial charge is 0.291 e. The number of hydrazine groups is 1. The van der Waals surface area contributed by atoms with E-state index in [-0.39, 0.29) is 17.5 Å². The third-order valence-electron chi connectivity index (χ3n) is 3.05. The van der Waals surface area contributed by atoms with Crippen molar-refractivity contribution in [2.75, 3.05) is 5.01 Å². The molecule has 5 nitrogen and oxygen atoms in total. The number of ketones is 1. The van der Waals surface area contributed by atoms with Gasteiger partial charge in [0.05, 0.1) is 5.69 Å². The van der Waals surface area contributed by atoms with Crippen LogP contribution in [0.15, 0.2) is 35.3 Å². The Bertz CT molecular complexity index is 537. The van der Waals surface area contributed by atoms with E-state index in [1.165, 1.54) is 11.9 Å². The van der Waals surface area contributed by atoms with E-state index in [1.807, 2.05) is 44.2 Å². The molecule has 106 valence electrons. The zero-order valence-corrected chi connectivity index (χ0v) is 12.0. The van der Waals surface area contributed by atoms with Crippen molar-refractivity contribution in [2.45, 2.75) is 33.2 Å². The lowest BCUT2D eigenvalue weighted by molar-refractivity contribution is -0.121. The average molecular weight is 273 g/mol. The van der Waals surface area contributed by atoms with E-state index in [9.17, 15) is 9.59 Å². The van der Waals surface area contributed by atoms with Crippen molar-refractivity contribution in [1.29, 1.82) is 0 Å². The molecule has 0 radical (unpaired) electrons. The van der Waals surface area contributed by atoms with Gasteiger partial charge in [-0.2, -0.15) is 0 Å². The Balaban J connectivity index is 2.33. The van der Waals surface area contributed by atoms with Crippen molar-refractivity contribution >= 4 is 23.2 Å². The fourth-order valence-electron chi connectivity index (χ4n) is 2.09. The van der Waals surface area contributed by atoms with Gasteiger partial charge in [-0.25, -0.2) is 5.01 Å². The highest BCUT2D eigenvalue weighted by atomic mass is 16.2. The number of anilines is 1. The maximum atomic E-state index is 12.5. The summed E-state index contributed by atoms with van der Waals surface area (Å²) in [6, 6.07) is 8.71. The zero-order chi connectivity index (χ0) is 14.7. The lowest BCUT2D eigenvalue weighted by Crippen LogP contribution is -2.56. The van der Waals surface area contributed by atoms with Crippen LogP contribution in [0.4, 0.5) is 5.69 Å². The van der Waals surface area contributed by atoms with Crippen LogP contribution < -0.4 is 10.4 Å². The molecule has 1 heterocycles. The third-order valence-corrected chi connectivity index (χ3v) is 3.05. The standard InChI is InChI=1S/C15H19N3O2/c1-10(2)9-13-15(20)18(12-7-5-4-6-8-12)17-14(16-13)11(3)19/h4-8,10,13H,9H2,1-3H3,(H,16,17). The molecule has 1 aliphatic rings. The summed E-state index contributed by atoms with van der Waals surface area (Å²) >= 11 is 0. The van der Waals surface area contributed by atoms with Gasteiger partial charge in [0.15, 0.2) is 11.6 Å². The third kappa shape index (κ3) is 3.04. The van der Waals surface area contributed by atoms with Crippen molar-refractivity contribution in [3.05, 3.63) is 30.3 Å². The molecule has 0 bridgehead atoms. The van der Waals surface area contributed by atoms with E-state index >= 15 is 0 Å². The highest BCUT2D eigenvalue weighted by Crippen LogP contribution is 2.19. The van der Waals surface area contributed by atoms with Gasteiger partial charge < -0.3 is 0 Å². The minimum absolute atomic E-state index is 0.130. The molecule has 1 aromatic rings. The summed E-state index contributed by atoms with van der Waals surface area (Å²) < 4.78 is 0. The van der Waals surface area contributed by atoms with Crippen molar-refractivity contribution in [2.24, 2.45) is 10.9 Å². The zero-order valence-electron chi connectivity index (χ0n) is 12.0. The van der Waals surface area contributed by atoms with E-state index in [4.69, 9.17) is 0 Å². The molecule has 0 fully saturated rings. The highest BCUT2D eigenvalue weighted by molar-refractivity contribution is 6.39. The van der Waals surface area contributed by atoms with Crippen LogP contribution in [-0.4, -0.2) is 23.6 Å². The Morgan fingerprint density at radius 2 is 2.00 bits per heavy atom. The molecule has 1 N–H and O–H groups in total. The van der Waals surface area contributed by atoms with E-state index in [0.717, 1.165) is 0 Å². The molecule has 5 heteroatoms. The number of benzene rings is 1. The maximum Gasteiger partial charge on any atom is 0.270 e. The second kappa shape index (κ2) is 5.86. The molecule has 1 aromatic carbocycles. The number of Topliss-reactive ketones (excluding diaryl/α,β-unsaturated/α-hetero) is 1. The first kappa shape index (κ1) is 14.2. The summed E-state index contributed by atoms with van der Waals surface area (Å²) in [5.41, 5.74) is 3.51. The van der Waals surface area contributed by atoms with Gasteiger partial charge in [0.25, 0.3) is 5.91 Å². The van der Waals surface area contributed by atoms with E-state index in [1.54, 1.807) is 0 Å². The Kier molecular flexibility index (Phi) is 4.17. The normalized spacial score (nSPS) is 18.8. The molecule has 20 heavy (non-hydrogen) atoms. The summed E-state index contributed by atoms with van der Waals surface area (Å²) in [4.78, 5) is 28.3. The van der Waals surface area contributed by atoms with E-state index in [2.05, 4.69) is 10.4 Å². The van der Waals surface area contributed by atoms with Crippen LogP contribution >= 0.6 is 0 Å². The number of rotatable bonds is 4. The van der Waals surface area contributed by atoms with Crippen LogP contribution in [0.1, 0.15) is 27.2 Å². The number of carbonyl (C=O) groups excluding carboxylic acids is 2. The van der Waals surface area contributed by atoms with Gasteiger partial charge in [0, 0.05) is 6.92 Å². The molecule has 0 aliphatic carbocycles. The van der Waals surface area contributed by atoms with Gasteiger partial charge in [0.1, 0.15) is 6.04 Å². The van der Waals surface area contributed by atoms with Gasteiger partial charge in [0.2, 0.25) is 0 Å². The predicted molar refractivity (Wildman–Crippen MR) is 78.4 cm³/mol. The van der Waals surface area contributed by atoms with Crippen molar-refractivity contribution < 1.29 is 9.59 Å². The molecule has 0 saturated carbocycles. The fourth-order valence-corrected chi connectivity index (χ4v) is 2.09. The quantitative estimate of drug-likeness (QED) is 0.912. The summed E-state index contributed by atoms with van der Waals surface area (Å²) in [5.74, 6) is 0.262. The SMILES string of the molecule is CC(=O)C1=NC(CC(C)C)C(=O)N(c2ccccc2)N1. The van der Waals surface area contributed by atoms with Crippen LogP contribution in [0, 0.1) is 5.92 Å². The molecule has 1 unspecified atom stereocenters. The number of amides is 1. The average Bonchev–Trinajstić information content (AvgIpc) is 2.41. The number of para-hydroxylation sites is 1. The molecule has 2 rings (SSSR count). The van der Waals surface area contributed by atoms with Gasteiger partial charge in [-0.05, 0) is 24.5 Å². The smallest absolute Gasteiger partial charge is 0.270 e. The first-order chi connectivity index (χ1) is 9.49. The number of amidine groups is 1. The number of carbonyl (C=O) groups is 2. The molecule has 0 aromatic heterocycles. The molecule has 1 amide bonds. The minimum atomic E-state index is -0.504. The Morgan fingerprint density at radius 3 is 2.55 bits per heavy atom. The molecular weight excluding hydrogens is 254 g/mol. The lowest BCUT2D eigenvalue weighted by Gasteiger charge is -2.32. The van der Waals surface area contributed by atoms with Crippen LogP contribution in [0.25, 0.3) is 0 Å². The van der Waals surface area contributed by atoms with Crippen LogP contribution in [0.3, 0.4) is 0 Å². The van der Waals surface area contributed by atoms with Crippen molar-refractivity contribution in [3.63, 3.8) is 0 Å². The number of hydrogen-bond acceptors (Lipinski definition) is 4. The summed E-state index contributed by atoms with van der Waals surface area (Å²) in [6.45, 7) is 5.51. The molecular formula is C15H19N3O2. The molecule has 1 atom stereocenters. The molecule has 1 aliphatic heterocycles. The monoisotopic (exact) mass is 273 g/mol. The Morgan fingerprint density at radius 1 is 1.35 bits per heavy atom. The number of nitrogens with one attached hydrogen (secondary N) is 1. The van der Waals surface area contributed by atoms with Crippen molar-refractivity contribution in [3.8, 4) is 0 Å². The Labute approximate surface area is 118 Å². The number of nitrogens with zero attached hydrogens (tertiary/aromatic N) is 2. The van der Waals surface area contributed by atoms with Crippen LogP contribution in [-0.2, 0) is 9.59 Å². The van der Waals surface area contributed by atoms with Crippen LogP contribution in [0.2, 0.25) is 0 Å². The van der Waals surface area contributed by atoms with Crippen molar-refractivity contribution in [1.82, 2.24) is 5.43 Å². The summed E-state index contributed by atoms with van der Waals surface area (Å²) in [7, 11) is 0. The highest BCUT2D eigenvalue weighted by Gasteiger charge is 2.32. The molecule has 0 saturated heterocycles. The van der Waals surface area contributed by atoms with Crippen LogP contribution in [0.5, 0.6) is 0 Å². The summed E-state index contributed by atoms with van der Waals surface area (Å²) in [6.07, 6.45) is 0.626. The van der Waals surface area contributed by atoms with E-state index < -0.39 is 6.04 Å². The van der Waals surface area contributed by atoms with Gasteiger partial charge in [-0.15, -0.1) is 0 Å². The molecule has 0 spiro atoms. The maximum absolute atomic E-state index is 12.5. The van der Waals surface area contributed by atoms with Gasteiger partial charge in [-0.1, -0.05) is 32.0 Å². The lowest BCUT2D eigenvalue weighted by atomic mass is 10.0. The number of hydrogen-bond donors (Lipinski definition) is 1. The van der Waals surface area contributed by atoms with E-state index in [0.29, 0.717) is 18.0 Å². The van der Waals surface area contributed by atoms with Gasteiger partial charge in [-0.3, -0.25) is 20.0 Å². The van der Waals surface area contributed by atoms with Gasteiger partial charge >= 0.3 is 0 Å². The minimum Gasteiger partial charge on any atom is -0.291 e. The Hall–Kier alpha value is -2.17. The summed E-state index contributed by atoms with van der Waals surface area (Å²) in [5, 5.41) is 1.41. The predicted octanol–water partition coefficient (Wildman–Crippen LogP) is 1.94. The number of aliphatic imine (C=N–C) groups is 1. The first-order valence-corrected chi connectivity index (χ1v) is 6.73.